The van der Waals surface area contributed by atoms with Gasteiger partial charge in [-0.1, -0.05) is 19.4 Å². The molecule has 0 fully saturated rings. The Labute approximate surface area is 107 Å². The van der Waals surface area contributed by atoms with Crippen molar-refractivity contribution < 1.29 is 13.2 Å². The maximum absolute atomic E-state index is 11.0. The van der Waals surface area contributed by atoms with Crippen LogP contribution in [0.4, 0.5) is 0 Å². The zero-order chi connectivity index (χ0) is 12.7. The highest BCUT2D eigenvalue weighted by molar-refractivity contribution is 7.89. The van der Waals surface area contributed by atoms with E-state index in [0.717, 1.165) is 17.7 Å². The molecule has 17 heavy (non-hydrogen) atoms. The molecular weight excluding hydrogens is 258 g/mol. The first kappa shape index (κ1) is 14.6. The lowest BCUT2D eigenvalue weighted by atomic mass is 10.1. The van der Waals surface area contributed by atoms with Crippen LogP contribution in [0.3, 0.4) is 0 Å². The normalized spacial score (nSPS) is 13.8. The van der Waals surface area contributed by atoms with E-state index >= 15 is 0 Å². The molecule has 1 aromatic heterocycles. The molecule has 1 unspecified atom stereocenters. The fourth-order valence-electron chi connectivity index (χ4n) is 1.67. The third kappa shape index (κ3) is 6.78. The van der Waals surface area contributed by atoms with E-state index in [1.54, 1.807) is 11.3 Å². The van der Waals surface area contributed by atoms with Crippen LogP contribution in [0, 0.1) is 5.92 Å². The number of sulfonamides is 1. The van der Waals surface area contributed by atoms with Crippen LogP contribution < -0.4 is 5.14 Å². The first-order valence-corrected chi connectivity index (χ1v) is 8.21. The molecule has 0 aliphatic carbocycles. The average Bonchev–Trinajstić information content (AvgIpc) is 2.68. The van der Waals surface area contributed by atoms with E-state index in [9.17, 15) is 8.42 Å². The van der Waals surface area contributed by atoms with E-state index in [1.807, 2.05) is 24.4 Å². The molecule has 4 nitrogen and oxygen atoms in total. The van der Waals surface area contributed by atoms with Gasteiger partial charge in [0.2, 0.25) is 10.0 Å². The van der Waals surface area contributed by atoms with Crippen LogP contribution >= 0.6 is 11.3 Å². The number of ether oxygens (including phenoxy) is 1. The van der Waals surface area contributed by atoms with E-state index in [1.165, 1.54) is 0 Å². The van der Waals surface area contributed by atoms with Gasteiger partial charge in [-0.3, -0.25) is 0 Å². The molecule has 1 atom stereocenters. The summed E-state index contributed by atoms with van der Waals surface area (Å²) in [6, 6.07) is 3.97. The minimum absolute atomic E-state index is 0.00466. The van der Waals surface area contributed by atoms with E-state index in [0.29, 0.717) is 13.2 Å². The predicted molar refractivity (Wildman–Crippen MR) is 70.3 cm³/mol. The van der Waals surface area contributed by atoms with Crippen LogP contribution in [0.15, 0.2) is 17.5 Å². The Kier molecular flexibility index (Phi) is 6.11. The molecule has 0 saturated heterocycles. The van der Waals surface area contributed by atoms with Gasteiger partial charge >= 0.3 is 0 Å². The van der Waals surface area contributed by atoms with E-state index in [2.05, 4.69) is 0 Å². The van der Waals surface area contributed by atoms with Crippen LogP contribution in [-0.4, -0.2) is 20.8 Å². The van der Waals surface area contributed by atoms with Gasteiger partial charge < -0.3 is 4.74 Å². The summed E-state index contributed by atoms with van der Waals surface area (Å²) in [5.41, 5.74) is 0. The number of thiophene rings is 1. The SMILES string of the molecule is CCCC(COCc1cccs1)CS(N)(=O)=O. The van der Waals surface area contributed by atoms with Crippen LogP contribution in [0.25, 0.3) is 0 Å². The van der Waals surface area contributed by atoms with E-state index in [4.69, 9.17) is 9.88 Å². The Morgan fingerprint density at radius 3 is 2.82 bits per heavy atom. The minimum Gasteiger partial charge on any atom is -0.376 e. The van der Waals surface area contributed by atoms with Crippen LogP contribution in [0.1, 0.15) is 24.6 Å². The molecular formula is C11H19NO3S2. The molecule has 98 valence electrons. The topological polar surface area (TPSA) is 69.4 Å². The lowest BCUT2D eigenvalue weighted by molar-refractivity contribution is 0.0919. The van der Waals surface area contributed by atoms with Gasteiger partial charge in [-0.2, -0.15) is 0 Å². The van der Waals surface area contributed by atoms with Gasteiger partial charge in [-0.15, -0.1) is 11.3 Å². The highest BCUT2D eigenvalue weighted by Gasteiger charge is 2.15. The lowest BCUT2D eigenvalue weighted by Gasteiger charge is -2.14. The van der Waals surface area contributed by atoms with Gasteiger partial charge in [0.25, 0.3) is 0 Å². The Hall–Kier alpha value is -0.430. The summed E-state index contributed by atoms with van der Waals surface area (Å²) in [5.74, 6) is 0.000574. The molecule has 1 heterocycles. The fourth-order valence-corrected chi connectivity index (χ4v) is 3.23. The number of nitrogens with two attached hydrogens (primary N) is 1. The number of rotatable bonds is 8. The Bertz CT molecular complexity index is 400. The van der Waals surface area contributed by atoms with Gasteiger partial charge in [0.15, 0.2) is 0 Å². The van der Waals surface area contributed by atoms with Gasteiger partial charge in [-0.25, -0.2) is 13.6 Å². The second kappa shape index (κ2) is 7.10. The average molecular weight is 277 g/mol. The molecule has 6 heteroatoms. The van der Waals surface area contributed by atoms with Gasteiger partial charge in [0, 0.05) is 4.88 Å². The third-order valence-corrected chi connectivity index (χ3v) is 4.13. The molecule has 1 rings (SSSR count). The van der Waals surface area contributed by atoms with Gasteiger partial charge in [0.05, 0.1) is 19.0 Å². The largest absolute Gasteiger partial charge is 0.376 e. The predicted octanol–water partition coefficient (Wildman–Crippen LogP) is 1.97. The first-order valence-electron chi connectivity index (χ1n) is 5.62. The Morgan fingerprint density at radius 1 is 1.53 bits per heavy atom. The maximum Gasteiger partial charge on any atom is 0.209 e. The smallest absolute Gasteiger partial charge is 0.209 e. The van der Waals surface area contributed by atoms with E-state index in [-0.39, 0.29) is 11.7 Å². The fraction of sp³-hybridized carbons (Fsp3) is 0.636. The number of hydrogen-bond donors (Lipinski definition) is 1. The second-order valence-electron chi connectivity index (χ2n) is 4.08. The molecule has 0 aromatic carbocycles. The van der Waals surface area contributed by atoms with Crippen LogP contribution in [0.2, 0.25) is 0 Å². The Balaban J connectivity index is 2.34. The molecule has 0 saturated carbocycles. The molecule has 0 aliphatic rings. The van der Waals surface area contributed by atoms with Crippen LogP contribution in [-0.2, 0) is 21.4 Å². The summed E-state index contributed by atoms with van der Waals surface area (Å²) in [6.07, 6.45) is 1.75. The highest BCUT2D eigenvalue weighted by Crippen LogP contribution is 2.13. The third-order valence-electron chi connectivity index (χ3n) is 2.34. The van der Waals surface area contributed by atoms with Gasteiger partial charge in [-0.05, 0) is 23.8 Å². The summed E-state index contributed by atoms with van der Waals surface area (Å²) >= 11 is 1.63. The molecule has 0 radical (unpaired) electrons. The van der Waals surface area contributed by atoms with Crippen molar-refractivity contribution in [2.24, 2.45) is 11.1 Å². The Morgan fingerprint density at radius 2 is 2.29 bits per heavy atom. The summed E-state index contributed by atoms with van der Waals surface area (Å²) in [4.78, 5) is 1.15. The molecule has 0 bridgehead atoms. The number of hydrogen-bond acceptors (Lipinski definition) is 4. The molecule has 0 amide bonds. The standard InChI is InChI=1S/C11H19NO3S2/c1-2-4-10(9-17(12,13)14)7-15-8-11-5-3-6-16-11/h3,5-6,10H,2,4,7-9H2,1H3,(H2,12,13,14). The van der Waals surface area contributed by atoms with Crippen molar-refractivity contribution in [2.75, 3.05) is 12.4 Å². The first-order chi connectivity index (χ1) is 8.01. The zero-order valence-corrected chi connectivity index (χ0v) is 11.6. The lowest BCUT2D eigenvalue weighted by Crippen LogP contribution is -2.26. The summed E-state index contributed by atoms with van der Waals surface area (Å²) in [7, 11) is -3.41. The minimum atomic E-state index is -3.41. The van der Waals surface area contributed by atoms with Crippen molar-refractivity contribution in [2.45, 2.75) is 26.4 Å². The maximum atomic E-state index is 11.0. The van der Waals surface area contributed by atoms with Crippen molar-refractivity contribution >= 4 is 21.4 Å². The summed E-state index contributed by atoms with van der Waals surface area (Å²) < 4.78 is 27.6. The van der Waals surface area contributed by atoms with Crippen molar-refractivity contribution in [3.8, 4) is 0 Å². The van der Waals surface area contributed by atoms with Crippen molar-refractivity contribution in [1.29, 1.82) is 0 Å². The zero-order valence-electron chi connectivity index (χ0n) is 9.96. The summed E-state index contributed by atoms with van der Waals surface area (Å²) in [5, 5.41) is 7.04. The second-order valence-corrected chi connectivity index (χ2v) is 6.77. The monoisotopic (exact) mass is 277 g/mol. The van der Waals surface area contributed by atoms with Crippen molar-refractivity contribution in [1.82, 2.24) is 0 Å². The molecule has 2 N–H and O–H groups in total. The van der Waals surface area contributed by atoms with Crippen molar-refractivity contribution in [3.05, 3.63) is 22.4 Å². The number of primary sulfonamides is 1. The van der Waals surface area contributed by atoms with E-state index < -0.39 is 10.0 Å². The molecule has 0 aliphatic heterocycles. The highest BCUT2D eigenvalue weighted by atomic mass is 32.2. The molecule has 0 spiro atoms. The van der Waals surface area contributed by atoms with Crippen molar-refractivity contribution in [3.63, 3.8) is 0 Å². The summed E-state index contributed by atoms with van der Waals surface area (Å²) in [6.45, 7) is 3.01. The van der Waals surface area contributed by atoms with Gasteiger partial charge in [0.1, 0.15) is 0 Å². The molecule has 1 aromatic rings. The quantitative estimate of drug-likeness (QED) is 0.790. The van der Waals surface area contributed by atoms with Crippen LogP contribution in [0.5, 0.6) is 0 Å².